The topological polar surface area (TPSA) is 67.2 Å². The summed E-state index contributed by atoms with van der Waals surface area (Å²) in [7, 11) is 1.81. The van der Waals surface area contributed by atoms with E-state index in [0.717, 1.165) is 11.4 Å². The van der Waals surface area contributed by atoms with Crippen LogP contribution in [-0.4, -0.2) is 20.9 Å². The molecule has 1 aromatic carbocycles. The SMILES string of the molecule is Cn1nccc1Nc1c(Cl)cccc1C1(C(=O)O)CC1. The quantitative estimate of drug-likeness (QED) is 0.909. The van der Waals surface area contributed by atoms with E-state index in [1.165, 1.54) is 0 Å². The van der Waals surface area contributed by atoms with Crippen LogP contribution in [-0.2, 0) is 17.3 Å². The Morgan fingerprint density at radius 3 is 2.75 bits per heavy atom. The number of carboxylic acid groups (broad SMARTS) is 1. The molecule has 1 heterocycles. The number of aliphatic carboxylic acids is 1. The Labute approximate surface area is 121 Å². The number of nitrogens with one attached hydrogen (secondary N) is 1. The van der Waals surface area contributed by atoms with Crippen LogP contribution in [0.15, 0.2) is 30.5 Å². The molecule has 6 heteroatoms. The highest BCUT2D eigenvalue weighted by Crippen LogP contribution is 2.52. The van der Waals surface area contributed by atoms with Crippen molar-refractivity contribution in [2.75, 3.05) is 5.32 Å². The van der Waals surface area contributed by atoms with Crippen molar-refractivity contribution in [2.24, 2.45) is 7.05 Å². The van der Waals surface area contributed by atoms with Crippen molar-refractivity contribution in [3.63, 3.8) is 0 Å². The molecule has 0 aliphatic heterocycles. The average Bonchev–Trinajstić information content (AvgIpc) is 3.12. The third kappa shape index (κ3) is 1.94. The first-order chi connectivity index (χ1) is 9.54. The number of aryl methyl sites for hydroxylation is 1. The number of para-hydroxylation sites is 1. The van der Waals surface area contributed by atoms with Gasteiger partial charge in [-0.2, -0.15) is 5.10 Å². The number of aromatic nitrogens is 2. The molecule has 104 valence electrons. The Balaban J connectivity index is 2.06. The molecule has 5 nitrogen and oxygen atoms in total. The molecule has 0 amide bonds. The molecule has 3 rings (SSSR count). The van der Waals surface area contributed by atoms with Gasteiger partial charge in [-0.05, 0) is 24.5 Å². The zero-order valence-electron chi connectivity index (χ0n) is 10.9. The molecule has 0 atom stereocenters. The van der Waals surface area contributed by atoms with Crippen LogP contribution in [0.5, 0.6) is 0 Å². The second-order valence-corrected chi connectivity index (χ2v) is 5.42. The lowest BCUT2D eigenvalue weighted by atomic mass is 9.94. The Morgan fingerprint density at radius 2 is 2.20 bits per heavy atom. The Morgan fingerprint density at radius 1 is 1.45 bits per heavy atom. The second-order valence-electron chi connectivity index (χ2n) is 5.01. The van der Waals surface area contributed by atoms with Gasteiger partial charge in [-0.25, -0.2) is 0 Å². The predicted molar refractivity (Wildman–Crippen MR) is 76.5 cm³/mol. The van der Waals surface area contributed by atoms with Crippen LogP contribution in [0.2, 0.25) is 5.02 Å². The van der Waals surface area contributed by atoms with Crippen LogP contribution in [0.1, 0.15) is 18.4 Å². The normalized spacial score (nSPS) is 15.9. The number of halogens is 1. The first-order valence-corrected chi connectivity index (χ1v) is 6.70. The first kappa shape index (κ1) is 13.0. The van der Waals surface area contributed by atoms with Crippen molar-refractivity contribution in [3.8, 4) is 0 Å². The summed E-state index contributed by atoms with van der Waals surface area (Å²) in [6.07, 6.45) is 2.95. The summed E-state index contributed by atoms with van der Waals surface area (Å²) in [6.45, 7) is 0. The number of carboxylic acids is 1. The molecule has 0 saturated heterocycles. The fourth-order valence-electron chi connectivity index (χ4n) is 2.40. The highest BCUT2D eigenvalue weighted by atomic mass is 35.5. The van der Waals surface area contributed by atoms with Crippen LogP contribution in [0, 0.1) is 0 Å². The van der Waals surface area contributed by atoms with Gasteiger partial charge in [-0.3, -0.25) is 9.48 Å². The third-order valence-corrected chi connectivity index (χ3v) is 4.08. The summed E-state index contributed by atoms with van der Waals surface area (Å²) < 4.78 is 1.67. The standard InChI is InChI=1S/C14H14ClN3O2/c1-18-11(5-8-16-18)17-12-9(3-2-4-10(12)15)14(6-7-14)13(19)20/h2-5,8,17H,6-7H2,1H3,(H,19,20). The number of hydrogen-bond acceptors (Lipinski definition) is 3. The fraction of sp³-hybridized carbons (Fsp3) is 0.286. The van der Waals surface area contributed by atoms with Gasteiger partial charge in [0.05, 0.1) is 22.3 Å². The van der Waals surface area contributed by atoms with Gasteiger partial charge in [-0.1, -0.05) is 23.7 Å². The molecule has 0 radical (unpaired) electrons. The molecule has 1 fully saturated rings. The fourth-order valence-corrected chi connectivity index (χ4v) is 2.62. The molecule has 0 unspecified atom stereocenters. The van der Waals surface area contributed by atoms with E-state index in [0.29, 0.717) is 23.6 Å². The van der Waals surface area contributed by atoms with Crippen LogP contribution in [0.3, 0.4) is 0 Å². The third-order valence-electron chi connectivity index (χ3n) is 3.76. The van der Waals surface area contributed by atoms with E-state index < -0.39 is 11.4 Å². The summed E-state index contributed by atoms with van der Waals surface area (Å²) in [4.78, 5) is 11.5. The number of rotatable bonds is 4. The van der Waals surface area contributed by atoms with Crippen LogP contribution >= 0.6 is 11.6 Å². The molecule has 1 aromatic heterocycles. The van der Waals surface area contributed by atoms with Gasteiger partial charge < -0.3 is 10.4 Å². The molecule has 1 aliphatic carbocycles. The largest absolute Gasteiger partial charge is 0.481 e. The molecule has 2 aromatic rings. The summed E-state index contributed by atoms with van der Waals surface area (Å²) in [5, 5.41) is 17.3. The lowest BCUT2D eigenvalue weighted by molar-refractivity contribution is -0.140. The summed E-state index contributed by atoms with van der Waals surface area (Å²) in [6, 6.07) is 7.18. The molecule has 0 spiro atoms. The zero-order valence-corrected chi connectivity index (χ0v) is 11.7. The number of carbonyl (C=O) groups is 1. The first-order valence-electron chi connectivity index (χ1n) is 6.32. The molecular formula is C14H14ClN3O2. The smallest absolute Gasteiger partial charge is 0.314 e. The molecule has 0 bridgehead atoms. The number of hydrogen-bond donors (Lipinski definition) is 2. The van der Waals surface area contributed by atoms with Crippen LogP contribution < -0.4 is 5.32 Å². The van der Waals surface area contributed by atoms with Crippen molar-refractivity contribution < 1.29 is 9.90 Å². The van der Waals surface area contributed by atoms with Gasteiger partial charge in [-0.15, -0.1) is 0 Å². The van der Waals surface area contributed by atoms with Crippen molar-refractivity contribution in [3.05, 3.63) is 41.0 Å². The maximum atomic E-state index is 11.5. The van der Waals surface area contributed by atoms with Gasteiger partial charge in [0.2, 0.25) is 0 Å². The zero-order chi connectivity index (χ0) is 14.3. The minimum absolute atomic E-state index is 0.510. The Hall–Kier alpha value is -2.01. The highest BCUT2D eigenvalue weighted by Gasteiger charge is 2.53. The van der Waals surface area contributed by atoms with Gasteiger partial charge in [0.1, 0.15) is 5.82 Å². The molecule has 1 aliphatic rings. The number of nitrogens with zero attached hydrogens (tertiary/aromatic N) is 2. The van der Waals surface area contributed by atoms with E-state index in [2.05, 4.69) is 10.4 Å². The molecule has 2 N–H and O–H groups in total. The van der Waals surface area contributed by atoms with Crippen molar-refractivity contribution in [1.82, 2.24) is 9.78 Å². The summed E-state index contributed by atoms with van der Waals surface area (Å²) in [5.74, 6) is -0.0339. The van der Waals surface area contributed by atoms with Gasteiger partial charge in [0, 0.05) is 13.1 Å². The second kappa shape index (κ2) is 4.52. The summed E-state index contributed by atoms with van der Waals surface area (Å²) in [5.41, 5.74) is 0.586. The lowest BCUT2D eigenvalue weighted by Crippen LogP contribution is -2.21. The number of anilines is 2. The van der Waals surface area contributed by atoms with Crippen LogP contribution in [0.4, 0.5) is 11.5 Å². The monoisotopic (exact) mass is 291 g/mol. The molecular weight excluding hydrogens is 278 g/mol. The lowest BCUT2D eigenvalue weighted by Gasteiger charge is -2.18. The van der Waals surface area contributed by atoms with E-state index in [1.807, 2.05) is 19.2 Å². The Bertz CT molecular complexity index is 677. The van der Waals surface area contributed by atoms with Gasteiger partial charge in [0.15, 0.2) is 0 Å². The Kier molecular flexibility index (Phi) is 2.94. The minimum Gasteiger partial charge on any atom is -0.481 e. The van der Waals surface area contributed by atoms with E-state index in [4.69, 9.17) is 11.6 Å². The maximum absolute atomic E-state index is 11.5. The number of benzene rings is 1. The van der Waals surface area contributed by atoms with Gasteiger partial charge >= 0.3 is 5.97 Å². The minimum atomic E-state index is -0.800. The van der Waals surface area contributed by atoms with Crippen molar-refractivity contribution in [1.29, 1.82) is 0 Å². The van der Waals surface area contributed by atoms with E-state index in [9.17, 15) is 9.90 Å². The molecule has 20 heavy (non-hydrogen) atoms. The molecule has 1 saturated carbocycles. The van der Waals surface area contributed by atoms with E-state index in [-0.39, 0.29) is 0 Å². The van der Waals surface area contributed by atoms with Crippen molar-refractivity contribution >= 4 is 29.1 Å². The van der Waals surface area contributed by atoms with Gasteiger partial charge in [0.25, 0.3) is 0 Å². The van der Waals surface area contributed by atoms with Crippen LogP contribution in [0.25, 0.3) is 0 Å². The highest BCUT2D eigenvalue weighted by molar-refractivity contribution is 6.33. The average molecular weight is 292 g/mol. The van der Waals surface area contributed by atoms with E-state index in [1.54, 1.807) is 23.0 Å². The van der Waals surface area contributed by atoms with E-state index >= 15 is 0 Å². The maximum Gasteiger partial charge on any atom is 0.314 e. The summed E-state index contributed by atoms with van der Waals surface area (Å²) >= 11 is 6.25. The predicted octanol–water partition coefficient (Wildman–Crippen LogP) is 2.93. The van der Waals surface area contributed by atoms with Crippen molar-refractivity contribution in [2.45, 2.75) is 18.3 Å².